The smallest absolute Gasteiger partial charge is 0.229 e. The van der Waals surface area contributed by atoms with Gasteiger partial charge in [-0.15, -0.1) is 0 Å². The molecule has 0 aliphatic carbocycles. The summed E-state index contributed by atoms with van der Waals surface area (Å²) in [6.07, 6.45) is -16.9. The van der Waals surface area contributed by atoms with Crippen LogP contribution in [0.3, 0.4) is 0 Å². The molecule has 16 heteroatoms. The maximum atomic E-state index is 12.8. The fraction of sp³-hybridized carbons (Fsp3) is 0.444. The Hall–Kier alpha value is -3.55. The van der Waals surface area contributed by atoms with E-state index in [1.54, 1.807) is 0 Å². The third-order valence-corrected chi connectivity index (χ3v) is 7.26. The minimum absolute atomic E-state index is 0.0408. The van der Waals surface area contributed by atoms with Gasteiger partial charge >= 0.3 is 0 Å². The van der Waals surface area contributed by atoms with Crippen LogP contribution in [0.1, 0.15) is 0 Å². The van der Waals surface area contributed by atoms with Crippen molar-refractivity contribution in [2.75, 3.05) is 13.2 Å². The lowest BCUT2D eigenvalue weighted by Crippen LogP contribution is -2.65. The van der Waals surface area contributed by atoms with Crippen LogP contribution in [0.15, 0.2) is 45.6 Å². The summed E-state index contributed by atoms with van der Waals surface area (Å²) in [5.41, 5.74) is -0.636. The Morgan fingerprint density at radius 2 is 1.35 bits per heavy atom. The molecule has 43 heavy (non-hydrogen) atoms. The molecule has 0 bridgehead atoms. The van der Waals surface area contributed by atoms with E-state index >= 15 is 0 Å². The van der Waals surface area contributed by atoms with Crippen LogP contribution >= 0.6 is 0 Å². The van der Waals surface area contributed by atoms with Gasteiger partial charge in [-0.2, -0.15) is 0 Å². The summed E-state index contributed by atoms with van der Waals surface area (Å²) in [6, 6.07) is 6.97. The highest BCUT2D eigenvalue weighted by atomic mass is 16.8. The van der Waals surface area contributed by atoms with Gasteiger partial charge in [0.05, 0.1) is 13.2 Å². The average molecular weight is 611 g/mol. The summed E-state index contributed by atoms with van der Waals surface area (Å²) in [5.74, 6) is -1.71. The van der Waals surface area contributed by atoms with Gasteiger partial charge in [0, 0.05) is 23.8 Å². The van der Waals surface area contributed by atoms with Gasteiger partial charge in [-0.1, -0.05) is 0 Å². The van der Waals surface area contributed by atoms with Crippen molar-refractivity contribution in [3.8, 4) is 34.3 Å². The first-order valence-electron chi connectivity index (χ1n) is 13.0. The first kappa shape index (κ1) is 30.9. The SMILES string of the molecule is O=c1cc(-c2ccc(O)c(O)c2)oc2cc(O[C@H]3O[C@@H](CO)[C@H](O)[C@@H](O)[C@@H]3O[C@@H]3O[C@@H](CO)[C@H](O)[C@H](O)[C@@H]3O)cc(O)c12. The maximum absolute atomic E-state index is 12.8. The van der Waals surface area contributed by atoms with Gasteiger partial charge in [0.2, 0.25) is 6.29 Å². The van der Waals surface area contributed by atoms with Crippen LogP contribution in [0.25, 0.3) is 22.3 Å². The quantitative estimate of drug-likeness (QED) is 0.125. The molecule has 2 saturated heterocycles. The Bertz CT molecular complexity index is 1510. The van der Waals surface area contributed by atoms with Crippen molar-refractivity contribution < 1.29 is 74.4 Å². The molecular weight excluding hydrogens is 580 g/mol. The van der Waals surface area contributed by atoms with Crippen LogP contribution in [-0.2, 0) is 14.2 Å². The monoisotopic (exact) mass is 610 g/mol. The number of aliphatic hydroxyl groups is 7. The Morgan fingerprint density at radius 1 is 0.698 bits per heavy atom. The second-order valence-electron chi connectivity index (χ2n) is 10.1. The minimum atomic E-state index is -1.88. The normalized spacial score (nSPS) is 33.0. The van der Waals surface area contributed by atoms with Crippen molar-refractivity contribution in [1.82, 2.24) is 0 Å². The lowest BCUT2D eigenvalue weighted by Gasteiger charge is -2.45. The van der Waals surface area contributed by atoms with E-state index in [4.69, 9.17) is 23.4 Å². The first-order valence-corrected chi connectivity index (χ1v) is 13.0. The van der Waals surface area contributed by atoms with Gasteiger partial charge in [-0.3, -0.25) is 4.79 Å². The number of aliphatic hydroxyl groups excluding tert-OH is 7. The molecule has 10 atom stereocenters. The van der Waals surface area contributed by atoms with Crippen molar-refractivity contribution in [3.63, 3.8) is 0 Å². The molecule has 234 valence electrons. The van der Waals surface area contributed by atoms with Crippen LogP contribution in [0.5, 0.6) is 23.0 Å². The van der Waals surface area contributed by atoms with E-state index in [0.29, 0.717) is 0 Å². The number of phenolic OH excluding ortho intramolecular Hbond substituents is 3. The lowest BCUT2D eigenvalue weighted by molar-refractivity contribution is -0.357. The van der Waals surface area contributed by atoms with Crippen LogP contribution in [0.2, 0.25) is 0 Å². The molecule has 0 amide bonds. The Morgan fingerprint density at radius 3 is 2.00 bits per heavy atom. The summed E-state index contributed by atoms with van der Waals surface area (Å²) in [7, 11) is 0. The Balaban J connectivity index is 1.48. The molecule has 5 rings (SSSR count). The van der Waals surface area contributed by atoms with E-state index in [1.165, 1.54) is 18.2 Å². The zero-order chi connectivity index (χ0) is 31.2. The van der Waals surface area contributed by atoms with Crippen molar-refractivity contribution in [1.29, 1.82) is 0 Å². The molecule has 0 unspecified atom stereocenters. The number of hydrogen-bond acceptors (Lipinski definition) is 16. The van der Waals surface area contributed by atoms with Crippen LogP contribution in [0, 0.1) is 0 Å². The molecule has 0 radical (unpaired) electrons. The molecule has 2 aromatic carbocycles. The van der Waals surface area contributed by atoms with E-state index in [2.05, 4.69) is 0 Å². The van der Waals surface area contributed by atoms with Crippen LogP contribution in [-0.4, -0.2) is 126 Å². The highest BCUT2D eigenvalue weighted by Crippen LogP contribution is 2.36. The number of hydrogen-bond donors (Lipinski definition) is 10. The third-order valence-electron chi connectivity index (χ3n) is 7.26. The predicted octanol–water partition coefficient (Wildman–Crippen LogP) is -2.42. The largest absolute Gasteiger partial charge is 0.507 e. The average Bonchev–Trinajstić information content (AvgIpc) is 2.97. The predicted molar refractivity (Wildman–Crippen MR) is 140 cm³/mol. The van der Waals surface area contributed by atoms with E-state index in [-0.39, 0.29) is 28.0 Å². The summed E-state index contributed by atoms with van der Waals surface area (Å²) >= 11 is 0. The fourth-order valence-electron chi connectivity index (χ4n) is 4.90. The van der Waals surface area contributed by atoms with Crippen molar-refractivity contribution in [3.05, 3.63) is 46.6 Å². The van der Waals surface area contributed by atoms with Gasteiger partial charge < -0.3 is 74.4 Å². The molecule has 3 heterocycles. The molecule has 16 nitrogen and oxygen atoms in total. The van der Waals surface area contributed by atoms with Crippen molar-refractivity contribution in [2.45, 2.75) is 61.4 Å². The van der Waals surface area contributed by atoms with Crippen LogP contribution in [0.4, 0.5) is 0 Å². The van der Waals surface area contributed by atoms with Crippen molar-refractivity contribution in [2.24, 2.45) is 0 Å². The second kappa shape index (κ2) is 12.2. The summed E-state index contributed by atoms with van der Waals surface area (Å²) < 4.78 is 28.1. The number of ether oxygens (including phenoxy) is 4. The minimum Gasteiger partial charge on any atom is -0.507 e. The topological polar surface area (TPSA) is 269 Å². The van der Waals surface area contributed by atoms with Gasteiger partial charge in [-0.05, 0) is 18.2 Å². The van der Waals surface area contributed by atoms with E-state index in [1.807, 2.05) is 0 Å². The zero-order valence-electron chi connectivity index (χ0n) is 22.1. The number of aromatic hydroxyl groups is 3. The molecule has 10 N–H and O–H groups in total. The first-order chi connectivity index (χ1) is 20.4. The standard InChI is InChI=1S/C27H30O16/c28-7-17-20(34)22(36)24(38)26(41-17)43-25-23(37)21(35)18(8-29)42-27(25)39-10-4-13(32)19-14(33)6-15(40-16(19)5-10)9-1-2-11(30)12(31)3-9/h1-6,17-18,20-32,34-38H,7-8H2/t17-,18-,20-,21-,22-,23+,24-,25-,26-,27-/m0/s1. The van der Waals surface area contributed by atoms with Crippen molar-refractivity contribution >= 4 is 11.0 Å². The van der Waals surface area contributed by atoms with Gasteiger partial charge in [0.15, 0.2) is 29.3 Å². The van der Waals surface area contributed by atoms with Gasteiger partial charge in [-0.25, -0.2) is 0 Å². The summed E-state index contributed by atoms with van der Waals surface area (Å²) in [4.78, 5) is 12.8. The van der Waals surface area contributed by atoms with Gasteiger partial charge in [0.1, 0.15) is 71.0 Å². The number of rotatable bonds is 7. The van der Waals surface area contributed by atoms with Crippen LogP contribution < -0.4 is 10.2 Å². The highest BCUT2D eigenvalue weighted by Gasteiger charge is 2.51. The molecule has 0 saturated carbocycles. The molecule has 2 aliphatic rings. The number of phenols is 3. The maximum Gasteiger partial charge on any atom is 0.229 e. The van der Waals surface area contributed by atoms with Gasteiger partial charge in [0.25, 0.3) is 0 Å². The zero-order valence-corrected chi connectivity index (χ0v) is 22.1. The number of benzene rings is 2. The molecule has 3 aromatic rings. The second-order valence-corrected chi connectivity index (χ2v) is 10.1. The van der Waals surface area contributed by atoms with E-state index in [0.717, 1.165) is 18.2 Å². The Kier molecular flexibility index (Phi) is 8.77. The summed E-state index contributed by atoms with van der Waals surface area (Å²) in [6.45, 7) is -1.54. The Labute approximate surface area is 241 Å². The third kappa shape index (κ3) is 5.85. The molecule has 2 fully saturated rings. The highest BCUT2D eigenvalue weighted by molar-refractivity contribution is 5.86. The van der Waals surface area contributed by atoms with E-state index in [9.17, 15) is 55.9 Å². The number of fused-ring (bicyclic) bond motifs is 1. The molecule has 2 aliphatic heterocycles. The fourth-order valence-corrected chi connectivity index (χ4v) is 4.90. The molecule has 0 spiro atoms. The molecule has 1 aromatic heterocycles. The summed E-state index contributed by atoms with van der Waals surface area (Å²) in [5, 5.41) is 101. The molecular formula is C27H30O16. The lowest BCUT2D eigenvalue weighted by atomic mass is 9.97. The van der Waals surface area contributed by atoms with E-state index < -0.39 is 97.3 Å².